The second kappa shape index (κ2) is 22.2. The SMILES string of the molecule is CCCCCCCC.CCCCCCCCNC. The Kier molecular flexibility index (Phi) is 25.0. The van der Waals surface area contributed by atoms with E-state index >= 15 is 0 Å². The maximum Gasteiger partial charge on any atom is -0.00519 e. The van der Waals surface area contributed by atoms with Gasteiger partial charge in [-0.2, -0.15) is 0 Å². The Labute approximate surface area is 117 Å². The van der Waals surface area contributed by atoms with Gasteiger partial charge in [-0.3, -0.25) is 0 Å². The quantitative estimate of drug-likeness (QED) is 0.427. The molecule has 0 spiro atoms. The Morgan fingerprint density at radius 3 is 1.17 bits per heavy atom. The Hall–Kier alpha value is -0.0400. The molecule has 1 N–H and O–H groups in total. The van der Waals surface area contributed by atoms with E-state index in [-0.39, 0.29) is 0 Å². The molecule has 0 aromatic rings. The van der Waals surface area contributed by atoms with Crippen molar-refractivity contribution < 1.29 is 0 Å². The Bertz CT molecular complexity index is 98.2. The summed E-state index contributed by atoms with van der Waals surface area (Å²) in [5.74, 6) is 0. The molecular weight excluding hydrogens is 218 g/mol. The summed E-state index contributed by atoms with van der Waals surface area (Å²) in [4.78, 5) is 0. The summed E-state index contributed by atoms with van der Waals surface area (Å²) in [7, 11) is 2.02. The van der Waals surface area contributed by atoms with Crippen LogP contribution in [0.15, 0.2) is 0 Å². The van der Waals surface area contributed by atoms with Crippen LogP contribution in [0.4, 0.5) is 0 Å². The minimum atomic E-state index is 1.19. The molecule has 0 aliphatic rings. The average Bonchev–Trinajstić information content (AvgIpc) is 2.40. The molecule has 112 valence electrons. The highest BCUT2D eigenvalue weighted by atomic mass is 14.8. The zero-order chi connectivity index (χ0) is 13.9. The molecule has 0 fully saturated rings. The van der Waals surface area contributed by atoms with Gasteiger partial charge in [0, 0.05) is 0 Å². The predicted octanol–water partition coefficient (Wildman–Crippen LogP) is 5.93. The van der Waals surface area contributed by atoms with Crippen LogP contribution in [0.2, 0.25) is 0 Å². The number of unbranched alkanes of at least 4 members (excludes halogenated alkanes) is 10. The third-order valence-electron chi connectivity index (χ3n) is 3.24. The number of hydrogen-bond donors (Lipinski definition) is 1. The van der Waals surface area contributed by atoms with E-state index in [2.05, 4.69) is 26.1 Å². The summed E-state index contributed by atoms with van der Waals surface area (Å²) in [6.07, 6.45) is 16.9. The van der Waals surface area contributed by atoms with E-state index in [4.69, 9.17) is 0 Å². The van der Waals surface area contributed by atoms with E-state index in [1.54, 1.807) is 0 Å². The first kappa shape index (κ1) is 20.3. The molecule has 0 aromatic carbocycles. The summed E-state index contributed by atoms with van der Waals surface area (Å²) in [5.41, 5.74) is 0. The molecule has 0 atom stereocenters. The van der Waals surface area contributed by atoms with Crippen LogP contribution in [-0.4, -0.2) is 13.6 Å². The first-order chi connectivity index (χ1) is 8.83. The van der Waals surface area contributed by atoms with Crippen molar-refractivity contribution >= 4 is 0 Å². The van der Waals surface area contributed by atoms with Gasteiger partial charge in [-0.1, -0.05) is 91.4 Å². The molecule has 0 unspecified atom stereocenters. The van der Waals surface area contributed by atoms with Crippen LogP contribution in [-0.2, 0) is 0 Å². The largest absolute Gasteiger partial charge is 0.320 e. The molecule has 0 amide bonds. The normalized spacial score (nSPS) is 10.0. The fourth-order valence-corrected chi connectivity index (χ4v) is 1.94. The van der Waals surface area contributed by atoms with Gasteiger partial charge in [0.1, 0.15) is 0 Å². The van der Waals surface area contributed by atoms with Crippen molar-refractivity contribution in [2.75, 3.05) is 13.6 Å². The lowest BCUT2D eigenvalue weighted by Crippen LogP contribution is -2.06. The van der Waals surface area contributed by atoms with E-state index in [9.17, 15) is 0 Å². The molecule has 0 saturated heterocycles. The molecule has 0 radical (unpaired) electrons. The Balaban J connectivity index is 0. The van der Waals surface area contributed by atoms with Crippen molar-refractivity contribution in [1.29, 1.82) is 0 Å². The minimum absolute atomic E-state index is 1.19. The van der Waals surface area contributed by atoms with Gasteiger partial charge in [0.05, 0.1) is 0 Å². The second-order valence-electron chi connectivity index (χ2n) is 5.29. The van der Waals surface area contributed by atoms with Gasteiger partial charge in [0.15, 0.2) is 0 Å². The molecule has 0 heterocycles. The topological polar surface area (TPSA) is 12.0 Å². The Morgan fingerprint density at radius 1 is 0.500 bits per heavy atom. The third-order valence-corrected chi connectivity index (χ3v) is 3.24. The standard InChI is InChI=1S/C9H21N.C8H18/c1-3-4-5-6-7-8-9-10-2;1-3-5-7-8-6-4-2/h10H,3-9H2,1-2H3;3-8H2,1-2H3. The summed E-state index contributed by atoms with van der Waals surface area (Å²) < 4.78 is 0. The summed E-state index contributed by atoms with van der Waals surface area (Å²) >= 11 is 0. The maximum absolute atomic E-state index is 3.16. The Morgan fingerprint density at radius 2 is 0.833 bits per heavy atom. The van der Waals surface area contributed by atoms with Crippen LogP contribution < -0.4 is 5.32 Å². The zero-order valence-electron chi connectivity index (χ0n) is 13.7. The van der Waals surface area contributed by atoms with E-state index in [0.29, 0.717) is 0 Å². The molecule has 0 aliphatic heterocycles. The number of nitrogens with one attached hydrogen (secondary N) is 1. The number of rotatable bonds is 12. The predicted molar refractivity (Wildman–Crippen MR) is 86.4 cm³/mol. The molecule has 0 aromatic heterocycles. The maximum atomic E-state index is 3.16. The highest BCUT2D eigenvalue weighted by Gasteiger charge is 1.87. The smallest absolute Gasteiger partial charge is 0.00519 e. The first-order valence-electron chi connectivity index (χ1n) is 8.47. The van der Waals surface area contributed by atoms with Gasteiger partial charge in [-0.25, -0.2) is 0 Å². The van der Waals surface area contributed by atoms with E-state index < -0.39 is 0 Å². The van der Waals surface area contributed by atoms with Gasteiger partial charge in [-0.15, -0.1) is 0 Å². The van der Waals surface area contributed by atoms with E-state index in [1.807, 2.05) is 7.05 Å². The minimum Gasteiger partial charge on any atom is -0.320 e. The lowest BCUT2D eigenvalue weighted by Gasteiger charge is -1.98. The summed E-state index contributed by atoms with van der Waals surface area (Å²) in [5, 5.41) is 3.16. The molecule has 18 heavy (non-hydrogen) atoms. The molecule has 1 nitrogen and oxygen atoms in total. The van der Waals surface area contributed by atoms with E-state index in [0.717, 1.165) is 0 Å². The summed E-state index contributed by atoms with van der Waals surface area (Å²) in [6.45, 7) is 7.96. The van der Waals surface area contributed by atoms with Gasteiger partial charge < -0.3 is 5.32 Å². The van der Waals surface area contributed by atoms with Crippen molar-refractivity contribution in [3.8, 4) is 0 Å². The first-order valence-corrected chi connectivity index (χ1v) is 8.47. The highest BCUT2D eigenvalue weighted by molar-refractivity contribution is 4.45. The monoisotopic (exact) mass is 257 g/mol. The van der Waals surface area contributed by atoms with Crippen LogP contribution in [0.5, 0.6) is 0 Å². The van der Waals surface area contributed by atoms with Gasteiger partial charge >= 0.3 is 0 Å². The van der Waals surface area contributed by atoms with Crippen LogP contribution >= 0.6 is 0 Å². The van der Waals surface area contributed by atoms with Crippen LogP contribution in [0.25, 0.3) is 0 Å². The fourth-order valence-electron chi connectivity index (χ4n) is 1.94. The highest BCUT2D eigenvalue weighted by Crippen LogP contribution is 2.04. The van der Waals surface area contributed by atoms with Crippen molar-refractivity contribution in [1.82, 2.24) is 5.32 Å². The molecule has 0 saturated carbocycles. The number of hydrogen-bond acceptors (Lipinski definition) is 1. The van der Waals surface area contributed by atoms with Crippen molar-refractivity contribution in [3.63, 3.8) is 0 Å². The summed E-state index contributed by atoms with van der Waals surface area (Å²) in [6, 6.07) is 0. The molecular formula is C17H39N. The van der Waals surface area contributed by atoms with Crippen molar-refractivity contribution in [3.05, 3.63) is 0 Å². The fraction of sp³-hybridized carbons (Fsp3) is 1.00. The van der Waals surface area contributed by atoms with Gasteiger partial charge in [0.2, 0.25) is 0 Å². The van der Waals surface area contributed by atoms with Crippen molar-refractivity contribution in [2.24, 2.45) is 0 Å². The zero-order valence-corrected chi connectivity index (χ0v) is 13.7. The van der Waals surface area contributed by atoms with Crippen LogP contribution in [0, 0.1) is 0 Å². The lowest BCUT2D eigenvalue weighted by atomic mass is 10.1. The molecule has 0 bridgehead atoms. The molecule has 0 rings (SSSR count). The van der Waals surface area contributed by atoms with Crippen LogP contribution in [0.1, 0.15) is 97.8 Å². The third kappa shape index (κ3) is 25.0. The van der Waals surface area contributed by atoms with Gasteiger partial charge in [-0.05, 0) is 20.0 Å². The molecule has 0 aliphatic carbocycles. The average molecular weight is 258 g/mol. The second-order valence-corrected chi connectivity index (χ2v) is 5.29. The van der Waals surface area contributed by atoms with Crippen LogP contribution in [0.3, 0.4) is 0 Å². The lowest BCUT2D eigenvalue weighted by molar-refractivity contribution is 0.592. The van der Waals surface area contributed by atoms with E-state index in [1.165, 1.54) is 83.6 Å². The van der Waals surface area contributed by atoms with Crippen molar-refractivity contribution in [2.45, 2.75) is 97.8 Å². The van der Waals surface area contributed by atoms with Gasteiger partial charge in [0.25, 0.3) is 0 Å². The molecule has 1 heteroatoms.